The van der Waals surface area contributed by atoms with Crippen molar-refractivity contribution in [3.8, 4) is 5.75 Å². The van der Waals surface area contributed by atoms with Gasteiger partial charge < -0.3 is 9.84 Å². The molecule has 32 heavy (non-hydrogen) atoms. The zero-order valence-electron chi connectivity index (χ0n) is 17.7. The van der Waals surface area contributed by atoms with E-state index < -0.39 is 17.7 Å². The molecule has 1 atom stereocenters. The van der Waals surface area contributed by atoms with Gasteiger partial charge in [-0.2, -0.15) is 0 Å². The molecule has 0 spiro atoms. The minimum atomic E-state index is -0.788. The number of aliphatic hydroxyl groups is 1. The van der Waals surface area contributed by atoms with Crippen molar-refractivity contribution >= 4 is 34.7 Å². The number of ether oxygens (including phenoxy) is 1. The molecule has 0 bridgehead atoms. The Morgan fingerprint density at radius 3 is 2.19 bits per heavy atom. The smallest absolute Gasteiger partial charge is 0.300 e. The molecule has 0 aromatic heterocycles. The molecule has 3 aromatic rings. The molecule has 1 saturated heterocycles. The number of Topliss-reactive ketones (excluding diaryl/α,β-unsaturated/α-hetero) is 1. The Balaban J connectivity index is 1.89. The van der Waals surface area contributed by atoms with E-state index in [2.05, 4.69) is 0 Å². The van der Waals surface area contributed by atoms with E-state index in [4.69, 9.17) is 16.3 Å². The second kappa shape index (κ2) is 8.89. The first kappa shape index (κ1) is 21.7. The van der Waals surface area contributed by atoms with Crippen molar-refractivity contribution in [3.63, 3.8) is 0 Å². The summed E-state index contributed by atoms with van der Waals surface area (Å²) in [5.74, 6) is -0.991. The van der Waals surface area contributed by atoms with Crippen LogP contribution in [0.25, 0.3) is 5.76 Å². The summed E-state index contributed by atoms with van der Waals surface area (Å²) in [6.07, 6.45) is 0. The fourth-order valence-corrected chi connectivity index (χ4v) is 3.92. The van der Waals surface area contributed by atoms with Crippen LogP contribution in [0.5, 0.6) is 5.75 Å². The number of carbonyl (C=O) groups excluding carboxylic acids is 2. The maximum atomic E-state index is 13.1. The second-order valence-electron chi connectivity index (χ2n) is 7.51. The standard InChI is InChI=1S/C26H22ClNO4/c1-3-32-21-14-8-17(9-15-21)23-22(24(29)18-6-10-19(27)11-7-18)25(30)26(31)28(23)20-12-4-16(2)5-13-20/h4-15,23,29H,3H2,1-2H3/b24-22+. The normalized spacial score (nSPS) is 17.6. The monoisotopic (exact) mass is 447 g/mol. The zero-order chi connectivity index (χ0) is 22.8. The number of halogens is 1. The number of hydrogen-bond donors (Lipinski definition) is 1. The Bertz CT molecular complexity index is 1180. The first-order valence-electron chi connectivity index (χ1n) is 10.3. The molecule has 0 aliphatic carbocycles. The highest BCUT2D eigenvalue weighted by molar-refractivity contribution is 6.51. The predicted molar refractivity (Wildman–Crippen MR) is 125 cm³/mol. The maximum Gasteiger partial charge on any atom is 0.300 e. The number of amides is 1. The van der Waals surface area contributed by atoms with Gasteiger partial charge in [-0.15, -0.1) is 0 Å². The van der Waals surface area contributed by atoms with Crippen LogP contribution < -0.4 is 9.64 Å². The van der Waals surface area contributed by atoms with Gasteiger partial charge in [0.2, 0.25) is 0 Å². The third kappa shape index (κ3) is 3.99. The van der Waals surface area contributed by atoms with Crippen molar-refractivity contribution in [1.29, 1.82) is 0 Å². The van der Waals surface area contributed by atoms with Crippen molar-refractivity contribution in [2.24, 2.45) is 0 Å². The number of anilines is 1. The van der Waals surface area contributed by atoms with Crippen LogP contribution in [-0.4, -0.2) is 23.4 Å². The van der Waals surface area contributed by atoms with E-state index in [1.807, 2.05) is 26.0 Å². The Morgan fingerprint density at radius 2 is 1.59 bits per heavy atom. The summed E-state index contributed by atoms with van der Waals surface area (Å²) in [4.78, 5) is 27.7. The van der Waals surface area contributed by atoms with Crippen molar-refractivity contribution in [2.45, 2.75) is 19.9 Å². The number of aryl methyl sites for hydroxylation is 1. The summed E-state index contributed by atoms with van der Waals surface area (Å²) in [7, 11) is 0. The first-order valence-corrected chi connectivity index (χ1v) is 10.6. The van der Waals surface area contributed by atoms with Crippen LogP contribution in [0.3, 0.4) is 0 Å². The van der Waals surface area contributed by atoms with E-state index in [-0.39, 0.29) is 11.3 Å². The number of carbonyl (C=O) groups is 2. The number of rotatable bonds is 5. The Hall–Kier alpha value is -3.57. The van der Waals surface area contributed by atoms with Gasteiger partial charge in [0.05, 0.1) is 18.2 Å². The Morgan fingerprint density at radius 1 is 0.969 bits per heavy atom. The number of nitrogens with zero attached hydrogens (tertiary/aromatic N) is 1. The molecule has 1 amide bonds. The largest absolute Gasteiger partial charge is 0.507 e. The lowest BCUT2D eigenvalue weighted by molar-refractivity contribution is -0.132. The van der Waals surface area contributed by atoms with E-state index in [0.717, 1.165) is 5.56 Å². The number of benzene rings is 3. The molecule has 162 valence electrons. The summed E-state index contributed by atoms with van der Waals surface area (Å²) >= 11 is 5.97. The molecule has 4 rings (SSSR count). The molecule has 1 aliphatic heterocycles. The molecule has 0 saturated carbocycles. The molecule has 1 fully saturated rings. The molecule has 1 unspecified atom stereocenters. The molecule has 3 aromatic carbocycles. The van der Waals surface area contributed by atoms with Gasteiger partial charge in [-0.3, -0.25) is 14.5 Å². The van der Waals surface area contributed by atoms with Crippen molar-refractivity contribution in [2.75, 3.05) is 11.5 Å². The van der Waals surface area contributed by atoms with E-state index in [1.54, 1.807) is 60.7 Å². The quantitative estimate of drug-likeness (QED) is 0.310. The molecule has 6 heteroatoms. The van der Waals surface area contributed by atoms with Gasteiger partial charge in [-0.25, -0.2) is 0 Å². The predicted octanol–water partition coefficient (Wildman–Crippen LogP) is 5.67. The third-order valence-corrected chi connectivity index (χ3v) is 5.63. The lowest BCUT2D eigenvalue weighted by Crippen LogP contribution is -2.29. The lowest BCUT2D eigenvalue weighted by atomic mass is 9.95. The summed E-state index contributed by atoms with van der Waals surface area (Å²) < 4.78 is 5.52. The van der Waals surface area contributed by atoms with Gasteiger partial charge in [0.25, 0.3) is 11.7 Å². The highest BCUT2D eigenvalue weighted by atomic mass is 35.5. The van der Waals surface area contributed by atoms with Crippen LogP contribution >= 0.6 is 11.6 Å². The fraction of sp³-hybridized carbons (Fsp3) is 0.154. The molecule has 0 radical (unpaired) electrons. The highest BCUT2D eigenvalue weighted by Crippen LogP contribution is 2.42. The molecule has 5 nitrogen and oxygen atoms in total. The minimum Gasteiger partial charge on any atom is -0.507 e. The molecular weight excluding hydrogens is 426 g/mol. The van der Waals surface area contributed by atoms with Gasteiger partial charge in [0.1, 0.15) is 11.5 Å². The van der Waals surface area contributed by atoms with Gasteiger partial charge in [-0.05, 0) is 67.9 Å². The molecule has 1 aliphatic rings. The Kier molecular flexibility index (Phi) is 6.01. The summed E-state index contributed by atoms with van der Waals surface area (Å²) in [5.41, 5.74) is 2.73. The summed E-state index contributed by atoms with van der Waals surface area (Å²) in [6.45, 7) is 4.37. The molecule has 1 heterocycles. The average Bonchev–Trinajstić information content (AvgIpc) is 3.06. The van der Waals surface area contributed by atoms with Crippen LogP contribution in [-0.2, 0) is 9.59 Å². The molecule has 1 N–H and O–H groups in total. The topological polar surface area (TPSA) is 66.8 Å². The molecular formula is C26H22ClNO4. The fourth-order valence-electron chi connectivity index (χ4n) is 3.80. The van der Waals surface area contributed by atoms with Crippen LogP contribution in [0, 0.1) is 6.92 Å². The SMILES string of the molecule is CCOc1ccc(C2/C(=C(\O)c3ccc(Cl)cc3)C(=O)C(=O)N2c2ccc(C)cc2)cc1. The summed E-state index contributed by atoms with van der Waals surface area (Å²) in [6, 6.07) is 20.2. The second-order valence-corrected chi connectivity index (χ2v) is 7.95. The van der Waals surface area contributed by atoms with Gasteiger partial charge >= 0.3 is 0 Å². The van der Waals surface area contributed by atoms with Crippen molar-refractivity contribution < 1.29 is 19.4 Å². The van der Waals surface area contributed by atoms with Crippen molar-refractivity contribution in [1.82, 2.24) is 0 Å². The number of aliphatic hydroxyl groups excluding tert-OH is 1. The number of hydrogen-bond acceptors (Lipinski definition) is 4. The first-order chi connectivity index (χ1) is 15.4. The van der Waals surface area contributed by atoms with Gasteiger partial charge in [0.15, 0.2) is 0 Å². The van der Waals surface area contributed by atoms with E-state index in [1.165, 1.54) is 4.90 Å². The van der Waals surface area contributed by atoms with E-state index in [0.29, 0.717) is 34.2 Å². The maximum absolute atomic E-state index is 13.1. The Labute approximate surface area is 191 Å². The van der Waals surface area contributed by atoms with Crippen LogP contribution in [0.15, 0.2) is 78.4 Å². The van der Waals surface area contributed by atoms with Crippen molar-refractivity contribution in [3.05, 3.63) is 100 Å². The highest BCUT2D eigenvalue weighted by Gasteiger charge is 2.46. The number of ketones is 1. The van der Waals surface area contributed by atoms with E-state index >= 15 is 0 Å². The average molecular weight is 448 g/mol. The lowest BCUT2D eigenvalue weighted by Gasteiger charge is -2.25. The van der Waals surface area contributed by atoms with Gasteiger partial charge in [0, 0.05) is 16.3 Å². The van der Waals surface area contributed by atoms with Crippen LogP contribution in [0.4, 0.5) is 5.69 Å². The third-order valence-electron chi connectivity index (χ3n) is 5.38. The summed E-state index contributed by atoms with van der Waals surface area (Å²) in [5, 5.41) is 11.6. The zero-order valence-corrected chi connectivity index (χ0v) is 18.5. The van der Waals surface area contributed by atoms with E-state index in [9.17, 15) is 14.7 Å². The van der Waals surface area contributed by atoms with Crippen LogP contribution in [0.1, 0.15) is 29.7 Å². The van der Waals surface area contributed by atoms with Gasteiger partial charge in [-0.1, -0.05) is 41.4 Å². The minimum absolute atomic E-state index is 0.0297. The van der Waals surface area contributed by atoms with Crippen LogP contribution in [0.2, 0.25) is 5.02 Å².